The van der Waals surface area contributed by atoms with Crippen molar-refractivity contribution in [3.63, 3.8) is 0 Å². The monoisotopic (exact) mass is 334 g/mol. The molecule has 2 unspecified atom stereocenters. The van der Waals surface area contributed by atoms with Gasteiger partial charge in [0.1, 0.15) is 5.82 Å². The van der Waals surface area contributed by atoms with Crippen LogP contribution in [0.3, 0.4) is 0 Å². The lowest BCUT2D eigenvalue weighted by Gasteiger charge is -2.20. The van der Waals surface area contributed by atoms with Crippen LogP contribution in [0.25, 0.3) is 11.0 Å². The second-order valence-corrected chi connectivity index (χ2v) is 6.20. The molecule has 2 aromatic rings. The Balaban J connectivity index is 2.70. The number of imidazole rings is 1. The molecule has 0 N–H and O–H groups in total. The summed E-state index contributed by atoms with van der Waals surface area (Å²) in [6, 6.07) is 3.78. The summed E-state index contributed by atoms with van der Waals surface area (Å²) in [5.41, 5.74) is 1.74. The molecule has 1 heterocycles. The van der Waals surface area contributed by atoms with Crippen molar-refractivity contribution in [1.82, 2.24) is 9.55 Å². The molecule has 0 amide bonds. The SMILES string of the molecule is CCC(COC)n1c(C(C)Cl)nc2cc(Cl)c(Cl)cc21. The van der Waals surface area contributed by atoms with Gasteiger partial charge in [0.15, 0.2) is 0 Å². The molecule has 0 fully saturated rings. The zero-order valence-corrected chi connectivity index (χ0v) is 13.9. The Morgan fingerprint density at radius 3 is 2.50 bits per heavy atom. The zero-order chi connectivity index (χ0) is 14.9. The summed E-state index contributed by atoms with van der Waals surface area (Å²) in [4.78, 5) is 4.60. The normalized spacial score (nSPS) is 14.7. The van der Waals surface area contributed by atoms with Gasteiger partial charge in [-0.15, -0.1) is 11.6 Å². The summed E-state index contributed by atoms with van der Waals surface area (Å²) < 4.78 is 7.42. The topological polar surface area (TPSA) is 27.1 Å². The van der Waals surface area contributed by atoms with Crippen LogP contribution in [0.2, 0.25) is 10.0 Å². The summed E-state index contributed by atoms with van der Waals surface area (Å²) in [6.45, 7) is 4.61. The van der Waals surface area contributed by atoms with Crippen molar-refractivity contribution < 1.29 is 4.74 Å². The Kier molecular flexibility index (Phi) is 5.19. The summed E-state index contributed by atoms with van der Waals surface area (Å²) in [6.07, 6.45) is 0.913. The number of ether oxygens (including phenoxy) is 1. The molecule has 0 bridgehead atoms. The molecule has 6 heteroatoms. The first kappa shape index (κ1) is 15.9. The van der Waals surface area contributed by atoms with Gasteiger partial charge in [0.05, 0.1) is 39.1 Å². The molecule has 2 rings (SSSR count). The van der Waals surface area contributed by atoms with Crippen LogP contribution in [0.15, 0.2) is 12.1 Å². The van der Waals surface area contributed by atoms with Crippen molar-refractivity contribution in [2.24, 2.45) is 0 Å². The number of hydrogen-bond acceptors (Lipinski definition) is 2. The average molecular weight is 336 g/mol. The fraction of sp³-hybridized carbons (Fsp3) is 0.500. The lowest BCUT2D eigenvalue weighted by molar-refractivity contribution is 0.153. The highest BCUT2D eigenvalue weighted by molar-refractivity contribution is 6.42. The molecule has 0 aliphatic heterocycles. The van der Waals surface area contributed by atoms with E-state index in [2.05, 4.69) is 16.5 Å². The van der Waals surface area contributed by atoms with E-state index < -0.39 is 0 Å². The summed E-state index contributed by atoms with van der Waals surface area (Å²) in [5.74, 6) is 0.809. The third-order valence-corrected chi connectivity index (χ3v) is 4.23. The summed E-state index contributed by atoms with van der Waals surface area (Å²) in [7, 11) is 1.69. The van der Waals surface area contributed by atoms with Gasteiger partial charge in [0.25, 0.3) is 0 Å². The number of rotatable bonds is 5. The Labute approximate surface area is 133 Å². The van der Waals surface area contributed by atoms with Crippen molar-refractivity contribution >= 4 is 45.8 Å². The highest BCUT2D eigenvalue weighted by Gasteiger charge is 2.21. The van der Waals surface area contributed by atoms with E-state index in [0.717, 1.165) is 23.3 Å². The predicted molar refractivity (Wildman–Crippen MR) is 85.2 cm³/mol. The van der Waals surface area contributed by atoms with Gasteiger partial charge >= 0.3 is 0 Å². The number of aromatic nitrogens is 2. The predicted octanol–water partition coefficient (Wildman–Crippen LogP) is 5.24. The fourth-order valence-electron chi connectivity index (χ4n) is 2.34. The minimum atomic E-state index is -0.203. The van der Waals surface area contributed by atoms with Crippen molar-refractivity contribution in [2.45, 2.75) is 31.7 Å². The maximum Gasteiger partial charge on any atom is 0.128 e. The second-order valence-electron chi connectivity index (χ2n) is 4.73. The molecule has 0 aliphatic carbocycles. The van der Waals surface area contributed by atoms with E-state index in [1.165, 1.54) is 0 Å². The van der Waals surface area contributed by atoms with Crippen LogP contribution in [0.1, 0.15) is 37.5 Å². The van der Waals surface area contributed by atoms with Gasteiger partial charge in [-0.25, -0.2) is 4.98 Å². The number of alkyl halides is 1. The van der Waals surface area contributed by atoms with Crippen LogP contribution in [-0.4, -0.2) is 23.3 Å². The average Bonchev–Trinajstić information content (AvgIpc) is 2.75. The number of hydrogen-bond donors (Lipinski definition) is 0. The highest BCUT2D eigenvalue weighted by Crippen LogP contribution is 2.33. The van der Waals surface area contributed by atoms with E-state index in [4.69, 9.17) is 39.5 Å². The quantitative estimate of drug-likeness (QED) is 0.699. The molecule has 3 nitrogen and oxygen atoms in total. The Bertz CT molecular complexity index is 610. The van der Waals surface area contributed by atoms with Crippen LogP contribution in [0.5, 0.6) is 0 Å². The van der Waals surface area contributed by atoms with Crippen molar-refractivity contribution in [2.75, 3.05) is 13.7 Å². The largest absolute Gasteiger partial charge is 0.383 e. The molecular weight excluding hydrogens is 319 g/mol. The van der Waals surface area contributed by atoms with E-state index in [0.29, 0.717) is 16.7 Å². The molecule has 0 saturated heterocycles. The van der Waals surface area contributed by atoms with Crippen LogP contribution < -0.4 is 0 Å². The third-order valence-electron chi connectivity index (χ3n) is 3.31. The first-order valence-corrected chi connectivity index (χ1v) is 7.68. The number of nitrogens with zero attached hydrogens (tertiary/aromatic N) is 2. The standard InChI is InChI=1S/C14H17Cl3N2O/c1-4-9(7-20-3)19-13-6-11(17)10(16)5-12(13)18-14(19)8(2)15/h5-6,8-9H,4,7H2,1-3H3. The number of benzene rings is 1. The third kappa shape index (κ3) is 2.91. The second kappa shape index (κ2) is 6.52. The molecule has 0 saturated carbocycles. The lowest BCUT2D eigenvalue weighted by atomic mass is 10.2. The molecular formula is C14H17Cl3N2O. The lowest BCUT2D eigenvalue weighted by Crippen LogP contribution is -2.16. The fourth-order valence-corrected chi connectivity index (χ4v) is 2.81. The molecule has 0 radical (unpaired) electrons. The summed E-state index contributed by atoms with van der Waals surface area (Å²) >= 11 is 18.5. The molecule has 1 aromatic heterocycles. The molecule has 2 atom stereocenters. The minimum Gasteiger partial charge on any atom is -0.383 e. The van der Waals surface area contributed by atoms with E-state index in [1.807, 2.05) is 13.0 Å². The van der Waals surface area contributed by atoms with Gasteiger partial charge in [-0.1, -0.05) is 30.1 Å². The van der Waals surface area contributed by atoms with Gasteiger partial charge in [-0.05, 0) is 25.5 Å². The van der Waals surface area contributed by atoms with Gasteiger partial charge in [0.2, 0.25) is 0 Å². The van der Waals surface area contributed by atoms with Gasteiger partial charge in [-0.2, -0.15) is 0 Å². The van der Waals surface area contributed by atoms with Crippen LogP contribution >= 0.6 is 34.8 Å². The van der Waals surface area contributed by atoms with E-state index >= 15 is 0 Å². The van der Waals surface area contributed by atoms with Crippen LogP contribution in [0.4, 0.5) is 0 Å². The highest BCUT2D eigenvalue weighted by atomic mass is 35.5. The molecule has 0 aliphatic rings. The smallest absolute Gasteiger partial charge is 0.128 e. The number of methoxy groups -OCH3 is 1. The Morgan fingerprint density at radius 1 is 1.30 bits per heavy atom. The van der Waals surface area contributed by atoms with Crippen molar-refractivity contribution in [1.29, 1.82) is 0 Å². The van der Waals surface area contributed by atoms with Gasteiger partial charge in [-0.3, -0.25) is 0 Å². The number of fused-ring (bicyclic) bond motifs is 1. The summed E-state index contributed by atoms with van der Waals surface area (Å²) in [5, 5.41) is 0.810. The van der Waals surface area contributed by atoms with Crippen LogP contribution in [-0.2, 0) is 4.74 Å². The first-order valence-electron chi connectivity index (χ1n) is 6.49. The van der Waals surface area contributed by atoms with Crippen LogP contribution in [0, 0.1) is 0 Å². The molecule has 1 aromatic carbocycles. The first-order chi connectivity index (χ1) is 9.49. The van der Waals surface area contributed by atoms with E-state index in [-0.39, 0.29) is 11.4 Å². The van der Waals surface area contributed by atoms with Crippen molar-refractivity contribution in [3.05, 3.63) is 28.0 Å². The van der Waals surface area contributed by atoms with E-state index in [9.17, 15) is 0 Å². The Morgan fingerprint density at radius 2 is 1.95 bits per heavy atom. The Hall–Kier alpha value is -0.480. The zero-order valence-electron chi connectivity index (χ0n) is 11.7. The maximum absolute atomic E-state index is 6.27. The molecule has 20 heavy (non-hydrogen) atoms. The number of halogens is 3. The van der Waals surface area contributed by atoms with Gasteiger partial charge in [0, 0.05) is 7.11 Å². The van der Waals surface area contributed by atoms with Gasteiger partial charge < -0.3 is 9.30 Å². The molecule has 110 valence electrons. The minimum absolute atomic E-state index is 0.165. The maximum atomic E-state index is 6.27. The molecule has 0 spiro atoms. The van der Waals surface area contributed by atoms with E-state index in [1.54, 1.807) is 13.2 Å². The van der Waals surface area contributed by atoms with Crippen molar-refractivity contribution in [3.8, 4) is 0 Å².